The Balaban J connectivity index is 1.07. The Labute approximate surface area is 215 Å². The quantitative estimate of drug-likeness (QED) is 0.561. The van der Waals surface area contributed by atoms with Crippen molar-refractivity contribution in [2.24, 2.45) is 5.92 Å². The molecule has 2 aromatic rings. The normalized spacial score (nSPS) is 21.0. The van der Waals surface area contributed by atoms with E-state index in [9.17, 15) is 14.4 Å². The highest BCUT2D eigenvalue weighted by Gasteiger charge is 2.57. The highest BCUT2D eigenvalue weighted by Crippen LogP contribution is 2.43. The third-order valence-corrected chi connectivity index (χ3v) is 7.83. The van der Waals surface area contributed by atoms with E-state index in [0.29, 0.717) is 24.3 Å². The molecule has 192 valence electrons. The van der Waals surface area contributed by atoms with Crippen molar-refractivity contribution in [3.63, 3.8) is 0 Å². The van der Waals surface area contributed by atoms with E-state index in [1.54, 1.807) is 24.3 Å². The predicted octanol–water partition coefficient (Wildman–Crippen LogP) is 3.19. The van der Waals surface area contributed by atoms with Crippen molar-refractivity contribution in [2.75, 3.05) is 32.8 Å². The maximum atomic E-state index is 13.4. The molecule has 6 rings (SSSR count). The molecule has 3 aliphatic heterocycles. The molecule has 1 amide bonds. The summed E-state index contributed by atoms with van der Waals surface area (Å²) in [6, 6.07) is 13.3. The van der Waals surface area contributed by atoms with Gasteiger partial charge in [-0.2, -0.15) is 0 Å². The summed E-state index contributed by atoms with van der Waals surface area (Å²) in [7, 11) is 0. The Kier molecular flexibility index (Phi) is 6.20. The number of ether oxygens (including phenoxy) is 3. The second-order valence-corrected chi connectivity index (χ2v) is 10.1. The molecule has 0 radical (unpaired) electrons. The van der Waals surface area contributed by atoms with Crippen molar-refractivity contribution in [1.82, 2.24) is 9.80 Å². The number of fused-ring (bicyclic) bond motifs is 3. The van der Waals surface area contributed by atoms with Gasteiger partial charge in [0.2, 0.25) is 0 Å². The molecule has 3 heterocycles. The lowest BCUT2D eigenvalue weighted by Gasteiger charge is -2.39. The SMILES string of the molecule is O=C1C=CC(=O)OC2(O1)c1ccccc1C(=O)N2CC1CCN(CCOc2ccc3c(c2)CCC3)CC1. The first kappa shape index (κ1) is 23.7. The zero-order valence-corrected chi connectivity index (χ0v) is 20.7. The van der Waals surface area contributed by atoms with E-state index in [1.807, 2.05) is 0 Å². The average molecular weight is 503 g/mol. The summed E-state index contributed by atoms with van der Waals surface area (Å²) in [5.74, 6) is -2.50. The molecule has 2 aromatic carbocycles. The zero-order valence-electron chi connectivity index (χ0n) is 20.7. The van der Waals surface area contributed by atoms with E-state index in [2.05, 4.69) is 23.1 Å². The first-order chi connectivity index (χ1) is 18.0. The number of benzene rings is 2. The van der Waals surface area contributed by atoms with Gasteiger partial charge in [-0.05, 0) is 86.5 Å². The van der Waals surface area contributed by atoms with E-state index >= 15 is 0 Å². The minimum Gasteiger partial charge on any atom is -0.492 e. The Bertz CT molecular complexity index is 1240. The van der Waals surface area contributed by atoms with Crippen molar-refractivity contribution in [3.05, 3.63) is 76.9 Å². The Hall–Kier alpha value is -3.65. The third-order valence-electron chi connectivity index (χ3n) is 7.83. The van der Waals surface area contributed by atoms with Gasteiger partial charge in [-0.3, -0.25) is 14.6 Å². The molecule has 37 heavy (non-hydrogen) atoms. The fraction of sp³-hybridized carbons (Fsp3) is 0.414. The van der Waals surface area contributed by atoms with Gasteiger partial charge >= 0.3 is 17.8 Å². The lowest BCUT2D eigenvalue weighted by Crippen LogP contribution is -2.52. The van der Waals surface area contributed by atoms with E-state index in [4.69, 9.17) is 14.2 Å². The molecule has 1 spiro atoms. The number of carbonyl (C=O) groups is 3. The summed E-state index contributed by atoms with van der Waals surface area (Å²) in [6.07, 6.45) is 7.34. The molecule has 0 saturated carbocycles. The maximum Gasteiger partial charge on any atom is 0.375 e. The van der Waals surface area contributed by atoms with E-state index < -0.39 is 17.8 Å². The van der Waals surface area contributed by atoms with Crippen LogP contribution in [0.2, 0.25) is 0 Å². The van der Waals surface area contributed by atoms with Gasteiger partial charge in [0.1, 0.15) is 12.4 Å². The molecule has 0 unspecified atom stereocenters. The van der Waals surface area contributed by atoms with Gasteiger partial charge in [-0.15, -0.1) is 0 Å². The molecule has 0 aromatic heterocycles. The monoisotopic (exact) mass is 502 g/mol. The van der Waals surface area contributed by atoms with E-state index in [0.717, 1.165) is 56.8 Å². The second-order valence-electron chi connectivity index (χ2n) is 10.1. The maximum absolute atomic E-state index is 13.4. The minimum absolute atomic E-state index is 0.178. The predicted molar refractivity (Wildman–Crippen MR) is 134 cm³/mol. The summed E-state index contributed by atoms with van der Waals surface area (Å²) < 4.78 is 17.3. The molecule has 8 nitrogen and oxygen atoms in total. The first-order valence-corrected chi connectivity index (χ1v) is 13.0. The van der Waals surface area contributed by atoms with Crippen molar-refractivity contribution < 1.29 is 28.6 Å². The van der Waals surface area contributed by atoms with Crippen LogP contribution in [0.15, 0.2) is 54.6 Å². The van der Waals surface area contributed by atoms with E-state index in [-0.39, 0.29) is 11.8 Å². The molecule has 4 aliphatic rings. The number of carbonyl (C=O) groups excluding carboxylic acids is 3. The summed E-state index contributed by atoms with van der Waals surface area (Å²) in [5, 5.41) is 0. The van der Waals surface area contributed by atoms with Crippen LogP contribution in [0.4, 0.5) is 0 Å². The molecule has 0 N–H and O–H groups in total. The van der Waals surface area contributed by atoms with Crippen LogP contribution in [0, 0.1) is 5.92 Å². The number of piperidine rings is 1. The van der Waals surface area contributed by atoms with Crippen LogP contribution in [0.5, 0.6) is 5.75 Å². The molecular formula is C29H30N2O6. The van der Waals surface area contributed by atoms with Crippen LogP contribution in [0.25, 0.3) is 0 Å². The number of hydrogen-bond acceptors (Lipinski definition) is 7. The van der Waals surface area contributed by atoms with Gasteiger partial charge in [0, 0.05) is 25.2 Å². The van der Waals surface area contributed by atoms with Gasteiger partial charge < -0.3 is 14.2 Å². The topological polar surface area (TPSA) is 85.4 Å². The number of nitrogens with zero attached hydrogens (tertiary/aromatic N) is 2. The molecule has 1 saturated heterocycles. The Morgan fingerprint density at radius 1 is 0.919 bits per heavy atom. The number of rotatable bonds is 6. The fourth-order valence-corrected chi connectivity index (χ4v) is 5.87. The molecule has 0 bridgehead atoms. The molecule has 8 heteroatoms. The van der Waals surface area contributed by atoms with Crippen LogP contribution in [-0.2, 0) is 37.8 Å². The average Bonchev–Trinajstić information content (AvgIpc) is 3.41. The smallest absolute Gasteiger partial charge is 0.375 e. The molecular weight excluding hydrogens is 472 g/mol. The second kappa shape index (κ2) is 9.67. The largest absolute Gasteiger partial charge is 0.492 e. The third kappa shape index (κ3) is 4.50. The van der Waals surface area contributed by atoms with Gasteiger partial charge in [0.15, 0.2) is 0 Å². The number of likely N-dealkylation sites (tertiary alicyclic amines) is 1. The van der Waals surface area contributed by atoms with Crippen molar-refractivity contribution >= 4 is 17.8 Å². The van der Waals surface area contributed by atoms with Gasteiger partial charge in [0.25, 0.3) is 5.91 Å². The van der Waals surface area contributed by atoms with E-state index in [1.165, 1.54) is 28.9 Å². The van der Waals surface area contributed by atoms with Crippen molar-refractivity contribution in [2.45, 2.75) is 38.0 Å². The zero-order chi connectivity index (χ0) is 25.4. The van der Waals surface area contributed by atoms with Crippen LogP contribution >= 0.6 is 0 Å². The molecule has 1 aliphatic carbocycles. The van der Waals surface area contributed by atoms with Crippen molar-refractivity contribution in [1.29, 1.82) is 0 Å². The number of aryl methyl sites for hydroxylation is 2. The highest BCUT2D eigenvalue weighted by atomic mass is 16.8. The van der Waals surface area contributed by atoms with Crippen LogP contribution < -0.4 is 4.74 Å². The van der Waals surface area contributed by atoms with Crippen LogP contribution in [0.1, 0.15) is 46.3 Å². The first-order valence-electron chi connectivity index (χ1n) is 13.0. The summed E-state index contributed by atoms with van der Waals surface area (Å²) in [4.78, 5) is 41.9. The summed E-state index contributed by atoms with van der Waals surface area (Å²) >= 11 is 0. The Morgan fingerprint density at radius 3 is 2.43 bits per heavy atom. The molecule has 0 atom stereocenters. The van der Waals surface area contributed by atoms with Crippen LogP contribution in [0.3, 0.4) is 0 Å². The number of hydrogen-bond donors (Lipinski definition) is 0. The van der Waals surface area contributed by atoms with Crippen LogP contribution in [-0.4, -0.2) is 60.4 Å². The lowest BCUT2D eigenvalue weighted by atomic mass is 9.96. The summed E-state index contributed by atoms with van der Waals surface area (Å²) in [6.45, 7) is 3.55. The minimum atomic E-state index is -1.87. The van der Waals surface area contributed by atoms with Gasteiger partial charge in [-0.1, -0.05) is 18.2 Å². The summed E-state index contributed by atoms with van der Waals surface area (Å²) in [5.41, 5.74) is 3.62. The highest BCUT2D eigenvalue weighted by molar-refractivity contribution is 6.01. The molecule has 1 fully saturated rings. The Morgan fingerprint density at radius 2 is 1.65 bits per heavy atom. The fourth-order valence-electron chi connectivity index (χ4n) is 5.87. The standard InChI is InChI=1S/C29H30N2O6/c32-26-10-11-27(33)37-29(36-26)25-7-2-1-6-24(25)28(34)31(29)19-20-12-14-30(15-13-20)16-17-35-23-9-8-21-4-3-5-22(21)18-23/h1-2,6-11,18,20H,3-5,12-17,19H2. The lowest BCUT2D eigenvalue weighted by molar-refractivity contribution is -0.275. The van der Waals surface area contributed by atoms with Gasteiger partial charge in [-0.25, -0.2) is 9.59 Å². The van der Waals surface area contributed by atoms with Gasteiger partial charge in [0.05, 0.1) is 11.1 Å². The number of amides is 1. The van der Waals surface area contributed by atoms with Crippen molar-refractivity contribution in [3.8, 4) is 5.75 Å². The number of esters is 2.